The summed E-state index contributed by atoms with van der Waals surface area (Å²) in [6, 6.07) is 16.4. The summed E-state index contributed by atoms with van der Waals surface area (Å²) < 4.78 is 28.6. The summed E-state index contributed by atoms with van der Waals surface area (Å²) >= 11 is 0. The zero-order valence-electron chi connectivity index (χ0n) is 18.9. The number of primary sulfonamides is 1. The number of benzene rings is 2. The fourth-order valence-electron chi connectivity index (χ4n) is 2.86. The topological polar surface area (TPSA) is 120 Å². The van der Waals surface area contributed by atoms with Crippen molar-refractivity contribution in [2.24, 2.45) is 15.9 Å². The monoisotopic (exact) mass is 476 g/mol. The molecule has 0 aliphatic rings. The summed E-state index contributed by atoms with van der Waals surface area (Å²) in [4.78, 5) is 4.34. The van der Waals surface area contributed by atoms with Crippen LogP contribution in [0.5, 0.6) is 5.75 Å². The number of nitrogens with zero attached hydrogens (tertiary/aromatic N) is 1. The largest absolute Gasteiger partial charge is 0.489 e. The molecule has 2 rings (SSSR count). The number of amidine groups is 1. The van der Waals surface area contributed by atoms with Gasteiger partial charge in [0, 0.05) is 17.7 Å². The molecule has 0 bridgehead atoms. The number of ether oxygens (including phenoxy) is 1. The maximum Gasteiger partial charge on any atom is 0.213 e. The van der Waals surface area contributed by atoms with Crippen LogP contribution in [-0.4, -0.2) is 20.9 Å². The van der Waals surface area contributed by atoms with Crippen molar-refractivity contribution in [2.75, 3.05) is 6.61 Å². The Morgan fingerprint density at radius 2 is 2.03 bits per heavy atom. The maximum absolute atomic E-state index is 11.3. The molecular formula is C26H28N4O3S. The predicted molar refractivity (Wildman–Crippen MR) is 140 cm³/mol. The van der Waals surface area contributed by atoms with Crippen LogP contribution in [0, 0.1) is 12.5 Å². The molecule has 0 saturated carbocycles. The van der Waals surface area contributed by atoms with Crippen LogP contribution in [0.25, 0.3) is 5.70 Å². The Hall–Kier alpha value is -4.06. The van der Waals surface area contributed by atoms with Crippen molar-refractivity contribution < 1.29 is 13.2 Å². The van der Waals surface area contributed by atoms with Gasteiger partial charge in [-0.3, -0.25) is 0 Å². The molecule has 0 unspecified atom stereocenters. The summed E-state index contributed by atoms with van der Waals surface area (Å²) in [6.45, 7) is 6.09. The minimum Gasteiger partial charge on any atom is -0.489 e. The van der Waals surface area contributed by atoms with E-state index in [-0.39, 0.29) is 11.6 Å². The van der Waals surface area contributed by atoms with E-state index in [1.54, 1.807) is 36.4 Å². The van der Waals surface area contributed by atoms with Gasteiger partial charge in [-0.2, -0.15) is 0 Å². The number of allylic oxidation sites excluding steroid dienone is 3. The van der Waals surface area contributed by atoms with E-state index in [9.17, 15) is 8.42 Å². The normalized spacial score (nSPS) is 12.9. The van der Waals surface area contributed by atoms with E-state index in [0.29, 0.717) is 29.3 Å². The van der Waals surface area contributed by atoms with E-state index >= 15 is 0 Å². The highest BCUT2D eigenvalue weighted by Gasteiger charge is 2.07. The summed E-state index contributed by atoms with van der Waals surface area (Å²) in [7, 11) is -3.65. The lowest BCUT2D eigenvalue weighted by Gasteiger charge is -2.11. The van der Waals surface area contributed by atoms with Crippen LogP contribution in [0.2, 0.25) is 0 Å². The summed E-state index contributed by atoms with van der Waals surface area (Å²) in [5.41, 5.74) is 9.33. The van der Waals surface area contributed by atoms with Gasteiger partial charge in [-0.25, -0.2) is 18.5 Å². The summed E-state index contributed by atoms with van der Waals surface area (Å²) in [6.07, 6.45) is 14.6. The Morgan fingerprint density at radius 1 is 1.26 bits per heavy atom. The van der Waals surface area contributed by atoms with E-state index in [2.05, 4.69) is 22.9 Å². The first kappa shape index (κ1) is 26.2. The van der Waals surface area contributed by atoms with Gasteiger partial charge in [0.25, 0.3) is 0 Å². The second kappa shape index (κ2) is 12.8. The standard InChI is InChI=1S/C26H28N4O3S/c1-4-7-10-20(5-2)18-33-24-14-9-12-22(16-24)25(29-6-3)17-26(27)30-23-13-8-11-21(15-23)19-34(28,31)32/h3-5,7-17,29H,2,18-19H2,1H3,(H2,27,30)(H2,28,31,32)/b7-4-,20-10+,25-17?. The Labute approximate surface area is 201 Å². The van der Waals surface area contributed by atoms with Crippen LogP contribution < -0.4 is 20.9 Å². The van der Waals surface area contributed by atoms with Gasteiger partial charge >= 0.3 is 0 Å². The third-order valence-electron chi connectivity index (χ3n) is 4.35. The maximum atomic E-state index is 11.3. The molecule has 5 N–H and O–H groups in total. The molecule has 2 aromatic carbocycles. The van der Waals surface area contributed by atoms with Gasteiger partial charge in [0.15, 0.2) is 0 Å². The molecule has 0 heterocycles. The number of hydrogen-bond donors (Lipinski definition) is 3. The molecule has 2 aromatic rings. The lowest BCUT2D eigenvalue weighted by atomic mass is 10.1. The molecule has 0 aliphatic carbocycles. The molecule has 0 radical (unpaired) electrons. The van der Waals surface area contributed by atoms with Crippen molar-refractivity contribution >= 4 is 27.2 Å². The number of terminal acetylenes is 1. The van der Waals surface area contributed by atoms with E-state index in [0.717, 1.165) is 11.1 Å². The number of hydrogen-bond acceptors (Lipinski definition) is 5. The minimum atomic E-state index is -3.65. The van der Waals surface area contributed by atoms with Gasteiger partial charge in [0.05, 0.1) is 17.1 Å². The van der Waals surface area contributed by atoms with Crippen LogP contribution in [0.4, 0.5) is 5.69 Å². The number of nitrogens with one attached hydrogen (secondary N) is 1. The van der Waals surface area contributed by atoms with Gasteiger partial charge in [-0.1, -0.05) is 61.6 Å². The SMILES string of the molecule is C#CNC(=CC(N)=Nc1cccc(CS(N)(=O)=O)c1)c1cccc(OC/C(C=C)=C/C=C\C)c1. The predicted octanol–water partition coefficient (Wildman–Crippen LogP) is 3.75. The third-order valence-corrected chi connectivity index (χ3v) is 5.09. The van der Waals surface area contributed by atoms with Crippen molar-refractivity contribution in [3.05, 3.63) is 102 Å². The zero-order chi connectivity index (χ0) is 25.0. The molecule has 0 aliphatic heterocycles. The Balaban J connectivity index is 2.28. The number of rotatable bonds is 11. The van der Waals surface area contributed by atoms with E-state index in [1.165, 1.54) is 0 Å². The van der Waals surface area contributed by atoms with Gasteiger partial charge in [0.1, 0.15) is 18.2 Å². The Kier molecular flexibility index (Phi) is 9.90. The van der Waals surface area contributed by atoms with Crippen molar-refractivity contribution in [2.45, 2.75) is 12.7 Å². The fraction of sp³-hybridized carbons (Fsp3) is 0.115. The fourth-order valence-corrected chi connectivity index (χ4v) is 3.51. The molecule has 7 nitrogen and oxygen atoms in total. The van der Waals surface area contributed by atoms with Crippen molar-refractivity contribution in [3.8, 4) is 18.2 Å². The molecule has 0 aromatic heterocycles. The molecule has 34 heavy (non-hydrogen) atoms. The average Bonchev–Trinajstić information content (AvgIpc) is 2.78. The molecule has 0 fully saturated rings. The molecule has 0 saturated heterocycles. The van der Waals surface area contributed by atoms with Crippen LogP contribution in [0.1, 0.15) is 18.1 Å². The average molecular weight is 477 g/mol. The first-order valence-corrected chi connectivity index (χ1v) is 12.0. The lowest BCUT2D eigenvalue weighted by Crippen LogP contribution is -2.14. The van der Waals surface area contributed by atoms with Crippen LogP contribution in [-0.2, 0) is 15.8 Å². The lowest BCUT2D eigenvalue weighted by molar-refractivity contribution is 0.355. The van der Waals surface area contributed by atoms with Gasteiger partial charge in [0.2, 0.25) is 10.0 Å². The van der Waals surface area contributed by atoms with Crippen LogP contribution in [0.3, 0.4) is 0 Å². The highest BCUT2D eigenvalue weighted by Crippen LogP contribution is 2.20. The molecule has 0 amide bonds. The molecule has 0 spiro atoms. The van der Waals surface area contributed by atoms with Gasteiger partial charge < -0.3 is 15.8 Å². The van der Waals surface area contributed by atoms with Crippen molar-refractivity contribution in [1.29, 1.82) is 0 Å². The van der Waals surface area contributed by atoms with Crippen LogP contribution >= 0.6 is 0 Å². The first-order valence-electron chi connectivity index (χ1n) is 10.3. The molecule has 8 heteroatoms. The minimum absolute atomic E-state index is 0.167. The van der Waals surface area contributed by atoms with Gasteiger partial charge in [-0.15, -0.1) is 0 Å². The highest BCUT2D eigenvalue weighted by atomic mass is 32.2. The molecule has 176 valence electrons. The summed E-state index contributed by atoms with van der Waals surface area (Å²) in [5.74, 6) is 0.516. The van der Waals surface area contributed by atoms with Crippen LogP contribution in [0.15, 0.2) is 96.1 Å². The van der Waals surface area contributed by atoms with E-state index in [1.807, 2.05) is 49.4 Å². The van der Waals surface area contributed by atoms with E-state index in [4.69, 9.17) is 22.0 Å². The Morgan fingerprint density at radius 3 is 2.71 bits per heavy atom. The third kappa shape index (κ3) is 9.20. The number of aliphatic imine (C=N–C) groups is 1. The number of nitrogens with two attached hydrogens (primary N) is 2. The van der Waals surface area contributed by atoms with E-state index < -0.39 is 10.0 Å². The molecule has 0 atom stereocenters. The van der Waals surface area contributed by atoms with Crippen molar-refractivity contribution in [3.63, 3.8) is 0 Å². The quantitative estimate of drug-likeness (QED) is 0.150. The Bertz CT molecular complexity index is 1280. The highest BCUT2D eigenvalue weighted by molar-refractivity contribution is 7.88. The number of sulfonamides is 1. The molecular weight excluding hydrogens is 448 g/mol. The zero-order valence-corrected chi connectivity index (χ0v) is 19.8. The smallest absolute Gasteiger partial charge is 0.213 e. The van der Waals surface area contributed by atoms with Crippen molar-refractivity contribution in [1.82, 2.24) is 5.32 Å². The second-order valence-corrected chi connectivity index (χ2v) is 8.74. The van der Waals surface area contributed by atoms with Gasteiger partial charge in [-0.05, 0) is 42.3 Å². The summed E-state index contributed by atoms with van der Waals surface area (Å²) in [5, 5.41) is 7.95. The second-order valence-electron chi connectivity index (χ2n) is 7.13. The first-order chi connectivity index (χ1) is 16.2.